The maximum Gasteiger partial charge on any atom is 0.282 e. The first kappa shape index (κ1) is 20.1. The van der Waals surface area contributed by atoms with E-state index < -0.39 is 11.8 Å². The molecular formula is C23H19BrN2O4. The topological polar surface area (TPSA) is 68.2 Å². The molecule has 0 saturated carbocycles. The summed E-state index contributed by atoms with van der Waals surface area (Å²) in [5.41, 5.74) is 1.57. The molecule has 0 fully saturated rings. The summed E-state index contributed by atoms with van der Waals surface area (Å²) in [6, 6.07) is 14.3. The molecule has 4 rings (SSSR count). The summed E-state index contributed by atoms with van der Waals surface area (Å²) in [5.74, 6) is 0.233. The van der Waals surface area contributed by atoms with Crippen LogP contribution in [0.5, 0.6) is 11.5 Å². The van der Waals surface area contributed by atoms with Crippen molar-refractivity contribution in [3.05, 3.63) is 69.7 Å². The Labute approximate surface area is 182 Å². The predicted molar refractivity (Wildman–Crippen MR) is 119 cm³/mol. The Morgan fingerprint density at radius 1 is 1.07 bits per heavy atom. The first-order valence-electron chi connectivity index (χ1n) is 9.50. The molecule has 0 spiro atoms. The second-order valence-electron chi connectivity index (χ2n) is 6.76. The normalized spacial score (nSPS) is 13.4. The minimum Gasteiger partial charge on any atom is -0.493 e. The number of hydrazone groups is 1. The van der Waals surface area contributed by atoms with Gasteiger partial charge in [-0.1, -0.05) is 31.2 Å². The molecule has 0 unspecified atom stereocenters. The predicted octanol–water partition coefficient (Wildman–Crippen LogP) is 5.03. The summed E-state index contributed by atoms with van der Waals surface area (Å²) in [6.07, 6.45) is 2.33. The van der Waals surface area contributed by atoms with Gasteiger partial charge in [-0.2, -0.15) is 10.1 Å². The zero-order valence-corrected chi connectivity index (χ0v) is 18.1. The van der Waals surface area contributed by atoms with Crippen LogP contribution in [-0.2, 0) is 0 Å². The monoisotopic (exact) mass is 466 g/mol. The van der Waals surface area contributed by atoms with Gasteiger partial charge in [-0.05, 0) is 57.6 Å². The summed E-state index contributed by atoms with van der Waals surface area (Å²) in [5, 5.41) is 6.63. The molecule has 2 amide bonds. The van der Waals surface area contributed by atoms with Gasteiger partial charge >= 0.3 is 0 Å². The summed E-state index contributed by atoms with van der Waals surface area (Å²) in [6.45, 7) is 2.58. The van der Waals surface area contributed by atoms with Gasteiger partial charge in [0.1, 0.15) is 0 Å². The molecule has 0 aliphatic carbocycles. The van der Waals surface area contributed by atoms with E-state index in [-0.39, 0.29) is 0 Å². The van der Waals surface area contributed by atoms with Gasteiger partial charge in [0.15, 0.2) is 11.5 Å². The van der Waals surface area contributed by atoms with Crippen LogP contribution in [0.25, 0.3) is 10.8 Å². The lowest BCUT2D eigenvalue weighted by molar-refractivity contribution is 0.0616. The zero-order chi connectivity index (χ0) is 21.3. The second-order valence-corrected chi connectivity index (χ2v) is 7.61. The highest BCUT2D eigenvalue weighted by Gasteiger charge is 2.32. The van der Waals surface area contributed by atoms with Crippen LogP contribution >= 0.6 is 15.9 Å². The molecule has 0 radical (unpaired) electrons. The van der Waals surface area contributed by atoms with Crippen LogP contribution in [0.15, 0.2) is 58.1 Å². The van der Waals surface area contributed by atoms with Gasteiger partial charge in [-0.15, -0.1) is 0 Å². The van der Waals surface area contributed by atoms with E-state index in [0.29, 0.717) is 44.7 Å². The van der Waals surface area contributed by atoms with E-state index >= 15 is 0 Å². The number of amides is 2. The lowest BCUT2D eigenvalue weighted by atomic mass is 9.95. The van der Waals surface area contributed by atoms with Gasteiger partial charge in [0.2, 0.25) is 0 Å². The van der Waals surface area contributed by atoms with Crippen molar-refractivity contribution in [3.63, 3.8) is 0 Å². The lowest BCUT2D eigenvalue weighted by Gasteiger charge is -2.23. The fourth-order valence-corrected chi connectivity index (χ4v) is 3.98. The molecule has 30 heavy (non-hydrogen) atoms. The highest BCUT2D eigenvalue weighted by Crippen LogP contribution is 2.36. The van der Waals surface area contributed by atoms with E-state index in [1.54, 1.807) is 43.5 Å². The number of benzene rings is 3. The van der Waals surface area contributed by atoms with Crippen molar-refractivity contribution in [3.8, 4) is 11.5 Å². The average molecular weight is 467 g/mol. The number of nitrogens with zero attached hydrogens (tertiary/aromatic N) is 2. The Balaban J connectivity index is 1.69. The summed E-state index contributed by atoms with van der Waals surface area (Å²) < 4.78 is 11.8. The maximum absolute atomic E-state index is 12.9. The van der Waals surface area contributed by atoms with Crippen LogP contribution in [0.3, 0.4) is 0 Å². The third kappa shape index (κ3) is 3.45. The standard InChI is InChI=1S/C23H19BrN2O4/c1-3-10-30-21-18(24)11-14(12-19(21)29-2)13-25-26-22(27)16-8-4-6-15-7-5-9-17(20(15)16)23(26)28/h4-9,11-13H,3,10H2,1-2H3/b25-13-. The number of halogens is 1. The number of methoxy groups -OCH3 is 1. The zero-order valence-electron chi connectivity index (χ0n) is 16.5. The van der Waals surface area contributed by atoms with Crippen molar-refractivity contribution in [1.29, 1.82) is 0 Å². The Kier molecular flexibility index (Phi) is 5.55. The summed E-state index contributed by atoms with van der Waals surface area (Å²) in [4.78, 5) is 25.9. The Bertz CT molecular complexity index is 1140. The van der Waals surface area contributed by atoms with Gasteiger partial charge in [0, 0.05) is 5.39 Å². The molecule has 3 aromatic carbocycles. The van der Waals surface area contributed by atoms with Crippen molar-refractivity contribution < 1.29 is 19.1 Å². The fourth-order valence-electron chi connectivity index (χ4n) is 3.41. The van der Waals surface area contributed by atoms with Crippen molar-refractivity contribution in [2.24, 2.45) is 5.10 Å². The Hall–Kier alpha value is -3.19. The molecule has 0 atom stereocenters. The first-order chi connectivity index (χ1) is 14.5. The van der Waals surface area contributed by atoms with Crippen molar-refractivity contribution in [2.45, 2.75) is 13.3 Å². The molecule has 1 aliphatic heterocycles. The van der Waals surface area contributed by atoms with Gasteiger partial charge in [0.25, 0.3) is 11.8 Å². The van der Waals surface area contributed by atoms with Crippen LogP contribution in [0.4, 0.5) is 0 Å². The second kappa shape index (κ2) is 8.28. The molecule has 1 aliphatic rings. The van der Waals surface area contributed by atoms with Crippen LogP contribution in [0.1, 0.15) is 39.6 Å². The number of carbonyl (C=O) groups is 2. The molecule has 3 aromatic rings. The number of imide groups is 1. The average Bonchev–Trinajstić information content (AvgIpc) is 2.76. The number of rotatable bonds is 6. The lowest BCUT2D eigenvalue weighted by Crippen LogP contribution is -2.36. The number of hydrogen-bond acceptors (Lipinski definition) is 5. The van der Waals surface area contributed by atoms with Crippen molar-refractivity contribution >= 4 is 44.7 Å². The molecule has 0 aromatic heterocycles. The molecule has 6 nitrogen and oxygen atoms in total. The van der Waals surface area contributed by atoms with E-state index in [4.69, 9.17) is 9.47 Å². The van der Waals surface area contributed by atoms with Gasteiger partial charge in [-0.25, -0.2) is 0 Å². The summed E-state index contributed by atoms with van der Waals surface area (Å²) in [7, 11) is 1.55. The van der Waals surface area contributed by atoms with Crippen LogP contribution < -0.4 is 9.47 Å². The highest BCUT2D eigenvalue weighted by atomic mass is 79.9. The molecular weight excluding hydrogens is 448 g/mol. The smallest absolute Gasteiger partial charge is 0.282 e. The quantitative estimate of drug-likeness (QED) is 0.377. The highest BCUT2D eigenvalue weighted by molar-refractivity contribution is 9.10. The van der Waals surface area contributed by atoms with E-state index in [1.807, 2.05) is 19.1 Å². The van der Waals surface area contributed by atoms with Crippen LogP contribution in [0, 0.1) is 0 Å². The van der Waals surface area contributed by atoms with E-state index in [0.717, 1.165) is 16.8 Å². The fraction of sp³-hybridized carbons (Fsp3) is 0.174. The molecule has 7 heteroatoms. The van der Waals surface area contributed by atoms with Crippen molar-refractivity contribution in [2.75, 3.05) is 13.7 Å². The van der Waals surface area contributed by atoms with E-state index in [9.17, 15) is 9.59 Å². The molecule has 152 valence electrons. The minimum absolute atomic E-state index is 0.450. The summed E-state index contributed by atoms with van der Waals surface area (Å²) >= 11 is 3.49. The Morgan fingerprint density at radius 3 is 2.33 bits per heavy atom. The Morgan fingerprint density at radius 2 is 1.73 bits per heavy atom. The van der Waals surface area contributed by atoms with E-state index in [1.165, 1.54) is 6.21 Å². The third-order valence-corrected chi connectivity index (χ3v) is 5.36. The largest absolute Gasteiger partial charge is 0.493 e. The first-order valence-corrected chi connectivity index (χ1v) is 10.3. The molecule has 0 bridgehead atoms. The third-order valence-electron chi connectivity index (χ3n) is 4.77. The maximum atomic E-state index is 12.9. The number of ether oxygens (including phenoxy) is 2. The van der Waals surface area contributed by atoms with Crippen LogP contribution in [0.2, 0.25) is 0 Å². The minimum atomic E-state index is -0.450. The SMILES string of the molecule is CCCOc1c(Br)cc(/C=N\N2C(=O)c3cccc4cccc(c34)C2=O)cc1OC. The molecule has 0 N–H and O–H groups in total. The van der Waals surface area contributed by atoms with Gasteiger partial charge < -0.3 is 9.47 Å². The number of hydrogen-bond donors (Lipinski definition) is 0. The molecule has 0 saturated heterocycles. The van der Waals surface area contributed by atoms with Gasteiger partial charge in [0.05, 0.1) is 35.5 Å². The molecule has 1 heterocycles. The van der Waals surface area contributed by atoms with Crippen LogP contribution in [-0.4, -0.2) is 36.8 Å². The van der Waals surface area contributed by atoms with Gasteiger partial charge in [-0.3, -0.25) is 9.59 Å². The van der Waals surface area contributed by atoms with E-state index in [2.05, 4.69) is 21.0 Å². The number of carbonyl (C=O) groups excluding carboxylic acids is 2. The van der Waals surface area contributed by atoms with Crippen molar-refractivity contribution in [1.82, 2.24) is 5.01 Å².